The number of aromatic amines is 1. The van der Waals surface area contributed by atoms with Crippen molar-refractivity contribution in [3.8, 4) is 28.0 Å². The highest BCUT2D eigenvalue weighted by atomic mass is 16.5. The highest BCUT2D eigenvalue weighted by molar-refractivity contribution is 5.97. The van der Waals surface area contributed by atoms with E-state index in [2.05, 4.69) is 20.1 Å². The second-order valence-corrected chi connectivity index (χ2v) is 8.57. The lowest BCUT2D eigenvalue weighted by molar-refractivity contribution is -0.139. The fourth-order valence-electron chi connectivity index (χ4n) is 4.25. The van der Waals surface area contributed by atoms with E-state index in [-0.39, 0.29) is 0 Å². The molecule has 182 valence electrons. The molecule has 9 heteroatoms. The zero-order valence-electron chi connectivity index (χ0n) is 20.2. The lowest BCUT2D eigenvalue weighted by Gasteiger charge is -2.21. The van der Waals surface area contributed by atoms with Gasteiger partial charge in [-0.15, -0.1) is 0 Å². The van der Waals surface area contributed by atoms with Crippen LogP contribution in [0.3, 0.4) is 0 Å². The summed E-state index contributed by atoms with van der Waals surface area (Å²) in [6, 6.07) is 13.4. The molecule has 0 spiro atoms. The van der Waals surface area contributed by atoms with Crippen LogP contribution in [0.4, 0.5) is 0 Å². The number of benzene rings is 1. The summed E-state index contributed by atoms with van der Waals surface area (Å²) in [6.45, 7) is 0.333. The number of likely N-dealkylation sites (N-methyl/N-ethyl adjacent to an activating group) is 1. The Labute approximate surface area is 208 Å². The number of nitrogens with one attached hydrogen (secondary N) is 1. The normalized spacial score (nSPS) is 12.0. The van der Waals surface area contributed by atoms with Gasteiger partial charge < -0.3 is 19.7 Å². The van der Waals surface area contributed by atoms with Gasteiger partial charge in [0.1, 0.15) is 11.4 Å². The largest absolute Gasteiger partial charge is 0.496 e. The Hall–Kier alpha value is -4.50. The standard InChI is InChI=1S/C27H26N6O3/c1-32(16-20-8-9-31-33(20)2)27(35)25(34)19-10-17(12-28-13-19)18-11-22-23(15-30-26(22)29-14-18)21-6-4-5-7-24(21)36-3/h4-15,25,34H,16H2,1-3H3,(H,29,30). The second-order valence-electron chi connectivity index (χ2n) is 8.57. The van der Waals surface area contributed by atoms with E-state index in [0.29, 0.717) is 12.1 Å². The highest BCUT2D eigenvalue weighted by Crippen LogP contribution is 2.36. The number of nitrogens with zero attached hydrogens (tertiary/aromatic N) is 5. The summed E-state index contributed by atoms with van der Waals surface area (Å²) in [6.07, 6.45) is 7.18. The number of aromatic nitrogens is 5. The Morgan fingerprint density at radius 1 is 1.14 bits per heavy atom. The van der Waals surface area contributed by atoms with Crippen molar-refractivity contribution in [2.75, 3.05) is 14.2 Å². The van der Waals surface area contributed by atoms with Gasteiger partial charge >= 0.3 is 0 Å². The molecule has 2 N–H and O–H groups in total. The number of carbonyl (C=O) groups is 1. The molecule has 1 amide bonds. The first-order valence-electron chi connectivity index (χ1n) is 11.4. The van der Waals surface area contributed by atoms with Gasteiger partial charge in [0.05, 0.1) is 19.3 Å². The van der Waals surface area contributed by atoms with Gasteiger partial charge in [-0.3, -0.25) is 14.5 Å². The zero-order chi connectivity index (χ0) is 25.2. The minimum absolute atomic E-state index is 0.333. The molecule has 0 saturated heterocycles. The molecule has 0 radical (unpaired) electrons. The number of aryl methyl sites for hydroxylation is 1. The van der Waals surface area contributed by atoms with Crippen molar-refractivity contribution in [2.24, 2.45) is 7.05 Å². The molecule has 1 unspecified atom stereocenters. The lowest BCUT2D eigenvalue weighted by Crippen LogP contribution is -2.32. The van der Waals surface area contributed by atoms with Gasteiger partial charge in [0.2, 0.25) is 0 Å². The number of hydrogen-bond donors (Lipinski definition) is 2. The van der Waals surface area contributed by atoms with E-state index in [9.17, 15) is 9.90 Å². The zero-order valence-corrected chi connectivity index (χ0v) is 20.2. The molecular weight excluding hydrogens is 456 g/mol. The van der Waals surface area contributed by atoms with Crippen LogP contribution in [0.15, 0.2) is 73.4 Å². The third-order valence-corrected chi connectivity index (χ3v) is 6.27. The molecule has 0 bridgehead atoms. The average Bonchev–Trinajstić information content (AvgIpc) is 3.53. The Morgan fingerprint density at radius 2 is 1.94 bits per heavy atom. The first-order chi connectivity index (χ1) is 17.5. The van der Waals surface area contributed by atoms with Crippen molar-refractivity contribution >= 4 is 16.9 Å². The van der Waals surface area contributed by atoms with Gasteiger partial charge in [-0.2, -0.15) is 5.10 Å². The van der Waals surface area contributed by atoms with Crippen molar-refractivity contribution < 1.29 is 14.6 Å². The number of methoxy groups -OCH3 is 1. The third-order valence-electron chi connectivity index (χ3n) is 6.27. The molecule has 9 nitrogen and oxygen atoms in total. The van der Waals surface area contributed by atoms with E-state index in [0.717, 1.165) is 44.7 Å². The van der Waals surface area contributed by atoms with Gasteiger partial charge in [0, 0.05) is 78.3 Å². The predicted octanol–water partition coefficient (Wildman–Crippen LogP) is 3.73. The number of aliphatic hydroxyl groups excluding tert-OH is 1. The summed E-state index contributed by atoms with van der Waals surface area (Å²) in [5, 5.41) is 15.9. The summed E-state index contributed by atoms with van der Waals surface area (Å²) in [7, 11) is 5.11. The van der Waals surface area contributed by atoms with E-state index in [1.165, 1.54) is 11.1 Å². The maximum Gasteiger partial charge on any atom is 0.256 e. The van der Waals surface area contributed by atoms with Crippen LogP contribution in [0.1, 0.15) is 17.4 Å². The number of fused-ring (bicyclic) bond motifs is 1. The number of H-pyrrole nitrogens is 1. The van der Waals surface area contributed by atoms with E-state index in [4.69, 9.17) is 4.74 Å². The summed E-state index contributed by atoms with van der Waals surface area (Å²) < 4.78 is 7.24. The molecule has 1 atom stereocenters. The summed E-state index contributed by atoms with van der Waals surface area (Å²) >= 11 is 0. The molecule has 0 aliphatic carbocycles. The average molecular weight is 483 g/mol. The van der Waals surface area contributed by atoms with Crippen LogP contribution in [0, 0.1) is 0 Å². The highest BCUT2D eigenvalue weighted by Gasteiger charge is 2.23. The number of para-hydroxylation sites is 1. The van der Waals surface area contributed by atoms with Crippen LogP contribution >= 0.6 is 0 Å². The van der Waals surface area contributed by atoms with Crippen LogP contribution < -0.4 is 4.74 Å². The van der Waals surface area contributed by atoms with Gasteiger partial charge in [0.15, 0.2) is 6.10 Å². The lowest BCUT2D eigenvalue weighted by atomic mass is 10.0. The Bertz CT molecular complexity index is 1540. The number of amides is 1. The molecule has 4 aromatic heterocycles. The summed E-state index contributed by atoms with van der Waals surface area (Å²) in [5.41, 5.74) is 5.50. The number of pyridine rings is 2. The predicted molar refractivity (Wildman–Crippen MR) is 136 cm³/mol. The molecule has 1 aromatic carbocycles. The van der Waals surface area contributed by atoms with E-state index in [1.807, 2.05) is 49.6 Å². The third kappa shape index (κ3) is 4.32. The van der Waals surface area contributed by atoms with Crippen LogP contribution in [-0.2, 0) is 18.4 Å². The fraction of sp³-hybridized carbons (Fsp3) is 0.185. The Balaban J connectivity index is 1.44. The molecule has 0 saturated carbocycles. The molecule has 5 aromatic rings. The SMILES string of the molecule is COc1ccccc1-c1c[nH]c2ncc(-c3cncc(C(O)C(=O)N(C)Cc4ccnn4C)c3)cc12. The van der Waals surface area contributed by atoms with Crippen molar-refractivity contribution in [1.82, 2.24) is 29.6 Å². The molecule has 4 heterocycles. The van der Waals surface area contributed by atoms with Gasteiger partial charge in [0.25, 0.3) is 5.91 Å². The molecular formula is C27H26N6O3. The van der Waals surface area contributed by atoms with Crippen molar-refractivity contribution in [1.29, 1.82) is 0 Å². The monoisotopic (exact) mass is 482 g/mol. The quantitative estimate of drug-likeness (QED) is 0.366. The van der Waals surface area contributed by atoms with Crippen molar-refractivity contribution in [3.05, 3.63) is 84.7 Å². The smallest absolute Gasteiger partial charge is 0.256 e. The summed E-state index contributed by atoms with van der Waals surface area (Å²) in [4.78, 5) is 26.5. The number of rotatable bonds is 7. The fourth-order valence-corrected chi connectivity index (χ4v) is 4.25. The Kier molecular flexibility index (Phi) is 6.22. The molecule has 0 aliphatic heterocycles. The van der Waals surface area contributed by atoms with Crippen LogP contribution in [0.2, 0.25) is 0 Å². The molecule has 0 aliphatic rings. The molecule has 36 heavy (non-hydrogen) atoms. The second kappa shape index (κ2) is 9.63. The van der Waals surface area contributed by atoms with Crippen molar-refractivity contribution in [2.45, 2.75) is 12.6 Å². The summed E-state index contributed by atoms with van der Waals surface area (Å²) in [5.74, 6) is 0.345. The van der Waals surface area contributed by atoms with E-state index >= 15 is 0 Å². The molecule has 0 fully saturated rings. The minimum atomic E-state index is -1.34. The minimum Gasteiger partial charge on any atom is -0.496 e. The molecule has 5 rings (SSSR count). The first-order valence-corrected chi connectivity index (χ1v) is 11.4. The number of aliphatic hydroxyl groups is 1. The van der Waals surface area contributed by atoms with E-state index < -0.39 is 12.0 Å². The van der Waals surface area contributed by atoms with Gasteiger partial charge in [-0.25, -0.2) is 4.98 Å². The van der Waals surface area contributed by atoms with Crippen LogP contribution in [-0.4, -0.2) is 54.8 Å². The number of ether oxygens (including phenoxy) is 1. The van der Waals surface area contributed by atoms with Gasteiger partial charge in [-0.1, -0.05) is 18.2 Å². The van der Waals surface area contributed by atoms with Gasteiger partial charge in [-0.05, 0) is 24.3 Å². The Morgan fingerprint density at radius 3 is 2.72 bits per heavy atom. The maximum absolute atomic E-state index is 12.9. The van der Waals surface area contributed by atoms with Crippen molar-refractivity contribution in [3.63, 3.8) is 0 Å². The topological polar surface area (TPSA) is 109 Å². The first kappa shape index (κ1) is 23.3. The maximum atomic E-state index is 12.9. The number of hydrogen-bond acceptors (Lipinski definition) is 6. The van der Waals surface area contributed by atoms with Crippen LogP contribution in [0.5, 0.6) is 5.75 Å². The van der Waals surface area contributed by atoms with E-state index in [1.54, 1.807) is 43.5 Å². The van der Waals surface area contributed by atoms with Crippen LogP contribution in [0.25, 0.3) is 33.3 Å². The number of carbonyl (C=O) groups excluding carboxylic acids is 1.